The molecule has 0 N–H and O–H groups in total. The van der Waals surface area contributed by atoms with Crippen LogP contribution in [-0.2, 0) is 6.54 Å². The third-order valence-electron chi connectivity index (χ3n) is 2.46. The lowest BCUT2D eigenvalue weighted by Crippen LogP contribution is -2.14. The van der Waals surface area contributed by atoms with Crippen molar-refractivity contribution in [3.8, 4) is 0 Å². The molecule has 0 amide bonds. The summed E-state index contributed by atoms with van der Waals surface area (Å²) < 4.78 is 6.68. The largest absolute Gasteiger partial charge is 0.421 e. The number of nitrogens with zero attached hydrogens (tertiary/aromatic N) is 2. The van der Waals surface area contributed by atoms with Gasteiger partial charge in [-0.1, -0.05) is 6.42 Å². The molecule has 0 saturated carbocycles. The molecule has 2 aromatic heterocycles. The Hall–Kier alpha value is -1.23. The van der Waals surface area contributed by atoms with Gasteiger partial charge in [0.05, 0.1) is 0 Å². The van der Waals surface area contributed by atoms with Gasteiger partial charge < -0.3 is 4.42 Å². The van der Waals surface area contributed by atoms with Crippen LogP contribution in [0.5, 0.6) is 0 Å². The molecule has 0 bridgehead atoms. The summed E-state index contributed by atoms with van der Waals surface area (Å²) in [6.07, 6.45) is 4.75. The van der Waals surface area contributed by atoms with Crippen LogP contribution in [0.1, 0.15) is 19.3 Å². The maximum absolute atomic E-state index is 11.5. The summed E-state index contributed by atoms with van der Waals surface area (Å²) in [4.78, 5) is 15.7. The zero-order valence-corrected chi connectivity index (χ0v) is 9.82. The molecule has 0 radical (unpaired) electrons. The summed E-state index contributed by atoms with van der Waals surface area (Å²) in [5, 5.41) is 0. The zero-order chi connectivity index (χ0) is 11.4. The Morgan fingerprint density at radius 1 is 1.38 bits per heavy atom. The fraction of sp³-hybridized carbons (Fsp3) is 0.455. The molecule has 0 fully saturated rings. The lowest BCUT2D eigenvalue weighted by Gasteiger charge is -2.00. The van der Waals surface area contributed by atoms with Crippen molar-refractivity contribution < 1.29 is 4.42 Å². The van der Waals surface area contributed by atoms with Gasteiger partial charge in [0.15, 0.2) is 11.2 Å². The summed E-state index contributed by atoms with van der Waals surface area (Å²) in [5.41, 5.74) is 1.19. The maximum atomic E-state index is 11.5. The summed E-state index contributed by atoms with van der Waals surface area (Å²) >= 11 is 4.15. The van der Waals surface area contributed by atoms with Crippen molar-refractivity contribution in [2.24, 2.45) is 0 Å². The number of hydrogen-bond donors (Lipinski definition) is 1. The quantitative estimate of drug-likeness (QED) is 0.641. The smallest absolute Gasteiger partial charge is 0.406 e. The number of aromatic nitrogens is 2. The number of hydrogen-bond acceptors (Lipinski definition) is 4. The first-order chi connectivity index (χ1) is 7.83. The second-order valence-electron chi connectivity index (χ2n) is 3.63. The molecule has 2 aromatic rings. The Morgan fingerprint density at radius 2 is 2.25 bits per heavy atom. The third-order valence-corrected chi connectivity index (χ3v) is 2.78. The fourth-order valence-corrected chi connectivity index (χ4v) is 1.88. The Morgan fingerprint density at radius 3 is 3.06 bits per heavy atom. The average molecular weight is 238 g/mol. The van der Waals surface area contributed by atoms with E-state index in [1.165, 1.54) is 0 Å². The van der Waals surface area contributed by atoms with Crippen molar-refractivity contribution in [1.29, 1.82) is 0 Å². The highest BCUT2D eigenvalue weighted by molar-refractivity contribution is 7.80. The van der Waals surface area contributed by atoms with Gasteiger partial charge in [0, 0.05) is 12.7 Å². The molecule has 0 spiro atoms. The number of unbranched alkanes of at least 4 members (excludes halogenated alkanes) is 2. The highest BCUT2D eigenvalue weighted by Crippen LogP contribution is 2.09. The van der Waals surface area contributed by atoms with Crippen molar-refractivity contribution >= 4 is 23.9 Å². The SMILES string of the molecule is O=c1oc2cccnc2n1CCCCCS. The van der Waals surface area contributed by atoms with E-state index >= 15 is 0 Å². The summed E-state index contributed by atoms with van der Waals surface area (Å²) in [6, 6.07) is 3.52. The highest BCUT2D eigenvalue weighted by Gasteiger charge is 2.08. The molecule has 0 aromatic carbocycles. The Kier molecular flexibility index (Phi) is 3.66. The van der Waals surface area contributed by atoms with Crippen molar-refractivity contribution in [2.45, 2.75) is 25.8 Å². The Labute approximate surface area is 98.7 Å². The molecular formula is C11H14N2O2S. The third kappa shape index (κ3) is 2.29. The minimum absolute atomic E-state index is 0.320. The van der Waals surface area contributed by atoms with E-state index in [1.54, 1.807) is 22.9 Å². The monoisotopic (exact) mass is 238 g/mol. The minimum Gasteiger partial charge on any atom is -0.406 e. The molecule has 0 unspecified atom stereocenters. The van der Waals surface area contributed by atoms with Gasteiger partial charge in [-0.2, -0.15) is 12.6 Å². The summed E-state index contributed by atoms with van der Waals surface area (Å²) in [7, 11) is 0. The number of thiol groups is 1. The van der Waals surface area contributed by atoms with E-state index < -0.39 is 0 Å². The number of pyridine rings is 1. The Bertz CT molecular complexity index is 518. The lowest BCUT2D eigenvalue weighted by molar-refractivity contribution is 0.491. The number of aryl methyl sites for hydroxylation is 1. The highest BCUT2D eigenvalue weighted by atomic mass is 32.1. The van der Waals surface area contributed by atoms with Gasteiger partial charge in [-0.3, -0.25) is 4.57 Å². The van der Waals surface area contributed by atoms with E-state index in [0.717, 1.165) is 25.0 Å². The molecule has 0 atom stereocenters. The van der Waals surface area contributed by atoms with Crippen LogP contribution < -0.4 is 5.76 Å². The first kappa shape index (κ1) is 11.3. The number of oxazole rings is 1. The zero-order valence-electron chi connectivity index (χ0n) is 8.93. The van der Waals surface area contributed by atoms with E-state index in [1.807, 2.05) is 0 Å². The van der Waals surface area contributed by atoms with E-state index in [2.05, 4.69) is 17.6 Å². The number of fused-ring (bicyclic) bond motifs is 1. The molecule has 2 rings (SSSR count). The van der Waals surface area contributed by atoms with Crippen LogP contribution in [0.3, 0.4) is 0 Å². The van der Waals surface area contributed by atoms with E-state index in [9.17, 15) is 4.79 Å². The van der Waals surface area contributed by atoms with Crippen molar-refractivity contribution in [2.75, 3.05) is 5.75 Å². The van der Waals surface area contributed by atoms with Gasteiger partial charge in [-0.15, -0.1) is 0 Å². The van der Waals surface area contributed by atoms with Gasteiger partial charge in [0.2, 0.25) is 0 Å². The van der Waals surface area contributed by atoms with Crippen LogP contribution >= 0.6 is 12.6 Å². The van der Waals surface area contributed by atoms with Crippen LogP contribution in [-0.4, -0.2) is 15.3 Å². The Balaban J connectivity index is 2.16. The normalized spacial score (nSPS) is 11.1. The van der Waals surface area contributed by atoms with E-state index in [-0.39, 0.29) is 5.76 Å². The molecule has 16 heavy (non-hydrogen) atoms. The second-order valence-corrected chi connectivity index (χ2v) is 4.08. The molecule has 0 saturated heterocycles. The molecule has 2 heterocycles. The molecule has 4 nitrogen and oxygen atoms in total. The lowest BCUT2D eigenvalue weighted by atomic mass is 10.2. The molecule has 5 heteroatoms. The van der Waals surface area contributed by atoms with Gasteiger partial charge in [-0.25, -0.2) is 9.78 Å². The first-order valence-corrected chi connectivity index (χ1v) is 6.01. The van der Waals surface area contributed by atoms with Crippen molar-refractivity contribution in [3.05, 3.63) is 28.9 Å². The molecule has 0 aliphatic heterocycles. The summed E-state index contributed by atoms with van der Waals surface area (Å²) in [6.45, 7) is 0.663. The maximum Gasteiger partial charge on any atom is 0.421 e. The standard InChI is InChI=1S/C11H14N2O2S/c14-11-13(7-2-1-3-8-16)10-9(15-11)5-4-6-12-10/h4-6,16H,1-3,7-8H2. The van der Waals surface area contributed by atoms with Crippen molar-refractivity contribution in [3.63, 3.8) is 0 Å². The van der Waals surface area contributed by atoms with Gasteiger partial charge in [0.1, 0.15) is 0 Å². The molecule has 0 aliphatic rings. The average Bonchev–Trinajstić information content (AvgIpc) is 2.61. The van der Waals surface area contributed by atoms with Crippen LogP contribution in [0.4, 0.5) is 0 Å². The van der Waals surface area contributed by atoms with E-state index in [0.29, 0.717) is 17.8 Å². The van der Waals surface area contributed by atoms with E-state index in [4.69, 9.17) is 4.42 Å². The fourth-order valence-electron chi connectivity index (χ4n) is 1.66. The predicted molar refractivity (Wildman–Crippen MR) is 66.0 cm³/mol. The second kappa shape index (κ2) is 5.21. The molecular weight excluding hydrogens is 224 g/mol. The topological polar surface area (TPSA) is 48.0 Å². The van der Waals surface area contributed by atoms with Crippen molar-refractivity contribution in [1.82, 2.24) is 9.55 Å². The molecule has 0 aliphatic carbocycles. The van der Waals surface area contributed by atoms with Crippen LogP contribution in [0.2, 0.25) is 0 Å². The summed E-state index contributed by atoms with van der Waals surface area (Å²) in [5.74, 6) is 0.568. The van der Waals surface area contributed by atoms with Gasteiger partial charge in [-0.05, 0) is 30.7 Å². The van der Waals surface area contributed by atoms with Gasteiger partial charge in [0.25, 0.3) is 0 Å². The van der Waals surface area contributed by atoms with Crippen LogP contribution in [0.25, 0.3) is 11.2 Å². The predicted octanol–water partition coefficient (Wildman–Crippen LogP) is 2.09. The van der Waals surface area contributed by atoms with Crippen LogP contribution in [0.15, 0.2) is 27.5 Å². The minimum atomic E-state index is -0.320. The van der Waals surface area contributed by atoms with Gasteiger partial charge >= 0.3 is 5.76 Å². The van der Waals surface area contributed by atoms with Crippen LogP contribution in [0, 0.1) is 0 Å². The molecule has 86 valence electrons. The number of rotatable bonds is 5. The first-order valence-electron chi connectivity index (χ1n) is 5.38.